The average molecular weight is 225 g/mol. The first-order chi connectivity index (χ1) is 6.96. The molecule has 1 saturated carbocycles. The summed E-state index contributed by atoms with van der Waals surface area (Å²) in [5.74, 6) is 0. The van der Waals surface area contributed by atoms with Gasteiger partial charge in [-0.3, -0.25) is 0 Å². The van der Waals surface area contributed by atoms with Crippen LogP contribution >= 0.6 is 0 Å². The molecule has 4 heteroatoms. The summed E-state index contributed by atoms with van der Waals surface area (Å²) >= 11 is 0. The smallest absolute Gasteiger partial charge is 0.183 e. The van der Waals surface area contributed by atoms with Gasteiger partial charge in [0.2, 0.25) is 0 Å². The second-order valence-electron chi connectivity index (χ2n) is 4.38. The van der Waals surface area contributed by atoms with Crippen LogP contribution in [0.15, 0.2) is 29.2 Å². The van der Waals surface area contributed by atoms with E-state index in [0.29, 0.717) is 10.6 Å². The lowest BCUT2D eigenvalue weighted by Gasteiger charge is -2.37. The maximum Gasteiger partial charge on any atom is 0.183 e. The summed E-state index contributed by atoms with van der Waals surface area (Å²) in [7, 11) is -3.20. The first-order valence-corrected chi connectivity index (χ1v) is 6.54. The van der Waals surface area contributed by atoms with E-state index in [1.54, 1.807) is 24.3 Å². The van der Waals surface area contributed by atoms with E-state index in [1.165, 1.54) is 0 Å². The van der Waals surface area contributed by atoms with Crippen LogP contribution in [0.1, 0.15) is 26.2 Å². The van der Waals surface area contributed by atoms with Crippen LogP contribution in [0.3, 0.4) is 0 Å². The largest absolute Gasteiger partial charge is 0.399 e. The van der Waals surface area contributed by atoms with E-state index >= 15 is 0 Å². The lowest BCUT2D eigenvalue weighted by Crippen LogP contribution is -2.42. The summed E-state index contributed by atoms with van der Waals surface area (Å²) in [5, 5.41) is 0. The lowest BCUT2D eigenvalue weighted by atomic mass is 9.86. The van der Waals surface area contributed by atoms with Gasteiger partial charge in [-0.2, -0.15) is 0 Å². The molecule has 1 aliphatic carbocycles. The molecule has 0 atom stereocenters. The maximum atomic E-state index is 12.2. The molecular weight excluding hydrogens is 210 g/mol. The van der Waals surface area contributed by atoms with Gasteiger partial charge in [-0.15, -0.1) is 0 Å². The standard InChI is InChI=1S/C11H15NO2S/c1-11(6-3-7-11)15(13,14)10-5-2-4-9(12)8-10/h2,4-5,8H,3,6-7,12H2,1H3. The Labute approximate surface area is 90.2 Å². The van der Waals surface area contributed by atoms with E-state index in [9.17, 15) is 8.42 Å². The van der Waals surface area contributed by atoms with Crippen LogP contribution in [0, 0.1) is 0 Å². The number of benzene rings is 1. The van der Waals surface area contributed by atoms with Crippen LogP contribution in [0.2, 0.25) is 0 Å². The van der Waals surface area contributed by atoms with Crippen LogP contribution in [-0.4, -0.2) is 13.2 Å². The number of sulfone groups is 1. The van der Waals surface area contributed by atoms with Crippen molar-refractivity contribution in [2.45, 2.75) is 35.8 Å². The van der Waals surface area contributed by atoms with E-state index < -0.39 is 14.6 Å². The second-order valence-corrected chi connectivity index (χ2v) is 6.84. The average Bonchev–Trinajstić information content (AvgIpc) is 2.14. The second kappa shape index (κ2) is 3.23. The Bertz CT molecular complexity index is 475. The quantitative estimate of drug-likeness (QED) is 0.783. The fourth-order valence-electron chi connectivity index (χ4n) is 1.91. The lowest BCUT2D eigenvalue weighted by molar-refractivity contribution is 0.363. The summed E-state index contributed by atoms with van der Waals surface area (Å²) in [6.07, 6.45) is 2.51. The number of rotatable bonds is 2. The van der Waals surface area contributed by atoms with Gasteiger partial charge in [0.05, 0.1) is 9.64 Å². The molecule has 0 aliphatic heterocycles. The first kappa shape index (κ1) is 10.5. The molecule has 0 bridgehead atoms. The highest BCUT2D eigenvalue weighted by atomic mass is 32.2. The molecule has 15 heavy (non-hydrogen) atoms. The van der Waals surface area contributed by atoms with E-state index in [-0.39, 0.29) is 0 Å². The first-order valence-electron chi connectivity index (χ1n) is 5.06. The highest BCUT2D eigenvalue weighted by Crippen LogP contribution is 2.42. The third-order valence-electron chi connectivity index (χ3n) is 3.23. The Morgan fingerprint density at radius 3 is 2.47 bits per heavy atom. The molecule has 2 rings (SSSR count). The molecule has 0 unspecified atom stereocenters. The van der Waals surface area contributed by atoms with Crippen LogP contribution in [0.5, 0.6) is 0 Å². The Morgan fingerprint density at radius 2 is 2.00 bits per heavy atom. The van der Waals surface area contributed by atoms with E-state index in [1.807, 2.05) is 6.92 Å². The van der Waals surface area contributed by atoms with Crippen molar-refractivity contribution in [3.63, 3.8) is 0 Å². The van der Waals surface area contributed by atoms with E-state index in [2.05, 4.69) is 0 Å². The molecular formula is C11H15NO2S. The zero-order valence-corrected chi connectivity index (χ0v) is 9.55. The number of hydrogen-bond donors (Lipinski definition) is 1. The van der Waals surface area contributed by atoms with Gasteiger partial charge in [-0.25, -0.2) is 8.42 Å². The van der Waals surface area contributed by atoms with E-state index in [0.717, 1.165) is 19.3 Å². The molecule has 1 aliphatic rings. The fraction of sp³-hybridized carbons (Fsp3) is 0.455. The molecule has 0 heterocycles. The van der Waals surface area contributed by atoms with Crippen molar-refractivity contribution in [2.24, 2.45) is 0 Å². The van der Waals surface area contributed by atoms with Gasteiger partial charge < -0.3 is 5.73 Å². The highest BCUT2D eigenvalue weighted by molar-refractivity contribution is 7.92. The fourth-order valence-corrected chi connectivity index (χ4v) is 3.85. The number of hydrogen-bond acceptors (Lipinski definition) is 3. The summed E-state index contributed by atoms with van der Waals surface area (Å²) in [6, 6.07) is 6.54. The summed E-state index contributed by atoms with van der Waals surface area (Å²) in [4.78, 5) is 0.352. The SMILES string of the molecule is CC1(S(=O)(=O)c2cccc(N)c2)CCC1. The van der Waals surface area contributed by atoms with E-state index in [4.69, 9.17) is 5.73 Å². The van der Waals surface area contributed by atoms with Crippen LogP contribution < -0.4 is 5.73 Å². The van der Waals surface area contributed by atoms with Gasteiger partial charge in [0.15, 0.2) is 9.84 Å². The normalized spacial score (nSPS) is 19.5. The van der Waals surface area contributed by atoms with Crippen molar-refractivity contribution in [3.05, 3.63) is 24.3 Å². The number of anilines is 1. The summed E-state index contributed by atoms with van der Waals surface area (Å²) in [5.41, 5.74) is 6.09. The zero-order chi connectivity index (χ0) is 11.1. The van der Waals surface area contributed by atoms with Crippen molar-refractivity contribution in [1.82, 2.24) is 0 Å². The minimum absolute atomic E-state index is 0.352. The summed E-state index contributed by atoms with van der Waals surface area (Å²) < 4.78 is 23.9. The van der Waals surface area contributed by atoms with Gasteiger partial charge in [0.25, 0.3) is 0 Å². The van der Waals surface area contributed by atoms with Crippen molar-refractivity contribution in [3.8, 4) is 0 Å². The molecule has 0 radical (unpaired) electrons. The molecule has 1 aromatic carbocycles. The van der Waals surface area contributed by atoms with Gasteiger partial charge in [0, 0.05) is 5.69 Å². The maximum absolute atomic E-state index is 12.2. The molecule has 82 valence electrons. The van der Waals surface area contributed by atoms with Gasteiger partial charge in [-0.1, -0.05) is 12.5 Å². The van der Waals surface area contributed by atoms with Gasteiger partial charge in [-0.05, 0) is 38.0 Å². The Morgan fingerprint density at radius 1 is 1.33 bits per heavy atom. The predicted octanol–water partition coefficient (Wildman–Crippen LogP) is 1.99. The summed E-state index contributed by atoms with van der Waals surface area (Å²) in [6.45, 7) is 1.81. The number of nitrogens with two attached hydrogens (primary N) is 1. The molecule has 1 fully saturated rings. The Balaban J connectivity index is 2.46. The third-order valence-corrected chi connectivity index (χ3v) is 5.81. The highest BCUT2D eigenvalue weighted by Gasteiger charge is 2.45. The van der Waals surface area contributed by atoms with Crippen molar-refractivity contribution in [2.75, 3.05) is 5.73 Å². The van der Waals surface area contributed by atoms with Crippen LogP contribution in [-0.2, 0) is 9.84 Å². The van der Waals surface area contributed by atoms with Crippen LogP contribution in [0.4, 0.5) is 5.69 Å². The Kier molecular flexibility index (Phi) is 2.26. The monoisotopic (exact) mass is 225 g/mol. The van der Waals surface area contributed by atoms with Crippen molar-refractivity contribution in [1.29, 1.82) is 0 Å². The molecule has 0 saturated heterocycles. The molecule has 1 aromatic rings. The third kappa shape index (κ3) is 1.53. The molecule has 0 aromatic heterocycles. The zero-order valence-electron chi connectivity index (χ0n) is 8.73. The Hall–Kier alpha value is -1.03. The van der Waals surface area contributed by atoms with Gasteiger partial charge >= 0.3 is 0 Å². The van der Waals surface area contributed by atoms with Crippen molar-refractivity contribution < 1.29 is 8.42 Å². The van der Waals surface area contributed by atoms with Gasteiger partial charge in [0.1, 0.15) is 0 Å². The molecule has 0 amide bonds. The topological polar surface area (TPSA) is 60.2 Å². The molecule has 2 N–H and O–H groups in total. The number of nitrogen functional groups attached to an aromatic ring is 1. The van der Waals surface area contributed by atoms with Crippen molar-refractivity contribution >= 4 is 15.5 Å². The van der Waals surface area contributed by atoms with Crippen LogP contribution in [0.25, 0.3) is 0 Å². The predicted molar refractivity (Wildman–Crippen MR) is 60.3 cm³/mol. The minimum atomic E-state index is -3.20. The molecule has 3 nitrogen and oxygen atoms in total. The minimum Gasteiger partial charge on any atom is -0.399 e. The molecule has 0 spiro atoms.